The number of para-hydroxylation sites is 1. The highest BCUT2D eigenvalue weighted by molar-refractivity contribution is 5.91. The van der Waals surface area contributed by atoms with Crippen LogP contribution < -0.4 is 20.7 Å². The number of nitrogens with one attached hydrogen (secondary N) is 3. The van der Waals surface area contributed by atoms with Gasteiger partial charge < -0.3 is 25.8 Å². The van der Waals surface area contributed by atoms with Crippen LogP contribution in [0.1, 0.15) is 58.1 Å². The van der Waals surface area contributed by atoms with Crippen LogP contribution in [-0.4, -0.2) is 47.7 Å². The number of aliphatic hydroxyl groups excluding tert-OH is 1. The lowest BCUT2D eigenvalue weighted by Crippen LogP contribution is -2.56. The van der Waals surface area contributed by atoms with Crippen molar-refractivity contribution in [2.24, 2.45) is 17.8 Å². The first-order valence-corrected chi connectivity index (χ1v) is 18.8. The second-order valence-electron chi connectivity index (χ2n) is 14.5. The summed E-state index contributed by atoms with van der Waals surface area (Å²) in [5.41, 5.74) is 2.06. The molecule has 53 heavy (non-hydrogen) atoms. The molecule has 5 rings (SSSR count). The summed E-state index contributed by atoms with van der Waals surface area (Å²) >= 11 is 0. The number of aliphatic hydroxyl groups is 1. The van der Waals surface area contributed by atoms with Crippen LogP contribution in [0.3, 0.4) is 0 Å². The molecule has 0 aromatic heterocycles. The molecule has 0 spiro atoms. The minimum Gasteiger partial charge on any atom is -0.461 e. The average molecular weight is 716 g/mol. The summed E-state index contributed by atoms with van der Waals surface area (Å²) in [6, 6.07) is 36.6. The monoisotopic (exact) mass is 715 g/mol. The molecule has 0 heterocycles. The van der Waals surface area contributed by atoms with E-state index in [4.69, 9.17) is 4.74 Å². The summed E-state index contributed by atoms with van der Waals surface area (Å²) in [5.74, 6) is -0.978. The molecule has 1 unspecified atom stereocenters. The van der Waals surface area contributed by atoms with Crippen molar-refractivity contribution in [2.45, 2.75) is 78.2 Å². The van der Waals surface area contributed by atoms with Gasteiger partial charge >= 0.3 is 0 Å². The van der Waals surface area contributed by atoms with Crippen LogP contribution in [0.2, 0.25) is 0 Å². The number of rotatable bonds is 18. The lowest BCUT2D eigenvalue weighted by atomic mass is 9.88. The van der Waals surface area contributed by atoms with Gasteiger partial charge in [0.25, 0.3) is 12.1 Å². The zero-order valence-electron chi connectivity index (χ0n) is 31.3. The molecule has 0 fully saturated rings. The molecule has 5 aromatic rings. The smallest absolute Gasteiger partial charge is 0.282 e. The fourth-order valence-corrected chi connectivity index (χ4v) is 6.68. The molecule has 8 nitrogen and oxygen atoms in total. The molecule has 0 saturated carbocycles. The normalized spacial score (nSPS) is 13.7. The molecular weight excluding hydrogens is 663 g/mol. The van der Waals surface area contributed by atoms with Crippen LogP contribution in [0.4, 0.5) is 0 Å². The van der Waals surface area contributed by atoms with Crippen molar-refractivity contribution in [1.82, 2.24) is 16.0 Å². The van der Waals surface area contributed by atoms with E-state index < -0.39 is 30.2 Å². The van der Waals surface area contributed by atoms with Gasteiger partial charge in [-0.25, -0.2) is 0 Å². The van der Waals surface area contributed by atoms with E-state index in [1.165, 1.54) is 0 Å². The third-order valence-electron chi connectivity index (χ3n) is 9.83. The summed E-state index contributed by atoms with van der Waals surface area (Å²) in [6.45, 7) is 8.59. The predicted molar refractivity (Wildman–Crippen MR) is 212 cm³/mol. The van der Waals surface area contributed by atoms with Gasteiger partial charge in [-0.1, -0.05) is 137 Å². The third-order valence-corrected chi connectivity index (χ3v) is 9.83. The third kappa shape index (κ3) is 11.1. The van der Waals surface area contributed by atoms with Crippen molar-refractivity contribution in [2.75, 3.05) is 6.54 Å². The Morgan fingerprint density at radius 2 is 1.23 bits per heavy atom. The van der Waals surface area contributed by atoms with E-state index in [0.717, 1.165) is 39.1 Å². The fourth-order valence-electron chi connectivity index (χ4n) is 6.68. The van der Waals surface area contributed by atoms with Crippen LogP contribution in [0.15, 0.2) is 115 Å². The van der Waals surface area contributed by atoms with Crippen molar-refractivity contribution in [3.8, 4) is 5.75 Å². The molecule has 4 atom stereocenters. The van der Waals surface area contributed by atoms with E-state index in [1.807, 2.05) is 75.4 Å². The lowest BCUT2D eigenvalue weighted by Gasteiger charge is -2.29. The number of benzene rings is 5. The molecule has 0 saturated heterocycles. The summed E-state index contributed by atoms with van der Waals surface area (Å²) in [5, 5.41) is 24.3. The molecule has 0 bridgehead atoms. The molecule has 0 aliphatic carbocycles. The van der Waals surface area contributed by atoms with Crippen LogP contribution in [0.25, 0.3) is 21.5 Å². The van der Waals surface area contributed by atoms with Gasteiger partial charge in [0, 0.05) is 12.5 Å². The highest BCUT2D eigenvalue weighted by Crippen LogP contribution is 2.27. The number of amides is 3. The maximum Gasteiger partial charge on any atom is 0.282 e. The Labute approximate surface area is 313 Å². The molecule has 8 heteroatoms. The maximum absolute atomic E-state index is 14.6. The SMILES string of the molecule is CC[C@H](C)CNC(=O)C[C@H](O)[C@H](CC(C)C)NC(=O)C(NC(=O)C(Cc1cccc2ccccc12)Cc1cccc2ccccc12)Oc1ccccc1. The summed E-state index contributed by atoms with van der Waals surface area (Å²) in [6.07, 6.45) is -0.517. The van der Waals surface area contributed by atoms with E-state index in [-0.39, 0.29) is 24.2 Å². The summed E-state index contributed by atoms with van der Waals surface area (Å²) < 4.78 is 6.18. The van der Waals surface area contributed by atoms with Crippen molar-refractivity contribution in [3.05, 3.63) is 126 Å². The van der Waals surface area contributed by atoms with Gasteiger partial charge in [0.2, 0.25) is 11.8 Å². The van der Waals surface area contributed by atoms with E-state index in [1.54, 1.807) is 24.3 Å². The number of hydrogen-bond donors (Lipinski definition) is 4. The molecule has 0 radical (unpaired) electrons. The number of carbonyl (C=O) groups is 3. The molecule has 4 N–H and O–H groups in total. The van der Waals surface area contributed by atoms with Gasteiger partial charge in [-0.05, 0) is 75.9 Å². The van der Waals surface area contributed by atoms with Gasteiger partial charge in [0.15, 0.2) is 0 Å². The van der Waals surface area contributed by atoms with Crippen molar-refractivity contribution in [3.63, 3.8) is 0 Å². The first-order valence-electron chi connectivity index (χ1n) is 18.8. The largest absolute Gasteiger partial charge is 0.461 e. The minimum atomic E-state index is -1.41. The van der Waals surface area contributed by atoms with E-state index >= 15 is 0 Å². The zero-order valence-corrected chi connectivity index (χ0v) is 31.3. The van der Waals surface area contributed by atoms with Gasteiger partial charge in [0.1, 0.15) is 5.75 Å². The maximum atomic E-state index is 14.6. The quantitative estimate of drug-likeness (QED) is 0.0708. The summed E-state index contributed by atoms with van der Waals surface area (Å²) in [7, 11) is 0. The minimum absolute atomic E-state index is 0.104. The van der Waals surface area contributed by atoms with Gasteiger partial charge in [-0.15, -0.1) is 0 Å². The zero-order chi connectivity index (χ0) is 37.7. The standard InChI is InChI=1S/C45H53N3O5/c1-5-31(4)29-46-42(50)28-41(49)40(25-30(2)3)47-44(52)45(53-37-21-7-6-8-22-37)48-43(51)36(26-34-19-13-17-32-15-9-11-23-38(32)34)27-35-20-14-18-33-16-10-12-24-39(33)35/h6-24,30-31,36,40-41,45,49H,5,25-29H2,1-4H3,(H,46,50)(H,47,52)(H,48,51)/t31-,40-,41-,45?/m0/s1. The lowest BCUT2D eigenvalue weighted by molar-refractivity contribution is -0.138. The van der Waals surface area contributed by atoms with Gasteiger partial charge in [-0.3, -0.25) is 14.4 Å². The second-order valence-corrected chi connectivity index (χ2v) is 14.5. The number of carbonyl (C=O) groups excluding carboxylic acids is 3. The Hall–Kier alpha value is -5.21. The van der Waals surface area contributed by atoms with Crippen LogP contribution in [0.5, 0.6) is 5.75 Å². The molecule has 278 valence electrons. The van der Waals surface area contributed by atoms with Crippen molar-refractivity contribution < 1.29 is 24.2 Å². The topological polar surface area (TPSA) is 117 Å². The van der Waals surface area contributed by atoms with Crippen LogP contribution in [0, 0.1) is 17.8 Å². The molecule has 0 aliphatic heterocycles. The van der Waals surface area contributed by atoms with E-state index in [2.05, 4.69) is 59.3 Å². The first kappa shape index (κ1) is 39.0. The van der Waals surface area contributed by atoms with Crippen LogP contribution in [-0.2, 0) is 27.2 Å². The average Bonchev–Trinajstić information content (AvgIpc) is 3.16. The molecule has 3 amide bonds. The second kappa shape index (κ2) is 19.0. The van der Waals surface area contributed by atoms with Gasteiger partial charge in [-0.2, -0.15) is 0 Å². The number of hydrogen-bond acceptors (Lipinski definition) is 5. The Kier molecular flexibility index (Phi) is 14.0. The summed E-state index contributed by atoms with van der Waals surface area (Å²) in [4.78, 5) is 41.4. The Morgan fingerprint density at radius 1 is 0.679 bits per heavy atom. The first-order chi connectivity index (χ1) is 25.6. The Balaban J connectivity index is 1.42. The van der Waals surface area contributed by atoms with E-state index in [0.29, 0.717) is 37.5 Å². The fraction of sp³-hybridized carbons (Fsp3) is 0.356. The van der Waals surface area contributed by atoms with E-state index in [9.17, 15) is 19.5 Å². The number of ether oxygens (including phenoxy) is 1. The predicted octanol–water partition coefficient (Wildman–Crippen LogP) is 7.36. The molecule has 0 aliphatic rings. The Morgan fingerprint density at radius 3 is 1.79 bits per heavy atom. The highest BCUT2D eigenvalue weighted by atomic mass is 16.5. The molecular formula is C45H53N3O5. The van der Waals surface area contributed by atoms with Crippen molar-refractivity contribution in [1.29, 1.82) is 0 Å². The number of fused-ring (bicyclic) bond motifs is 2. The van der Waals surface area contributed by atoms with Gasteiger partial charge in [0.05, 0.1) is 18.6 Å². The van der Waals surface area contributed by atoms with Crippen LogP contribution >= 0.6 is 0 Å². The van der Waals surface area contributed by atoms with Crippen molar-refractivity contribution >= 4 is 39.3 Å². The Bertz CT molecular complexity index is 1870. The highest BCUT2D eigenvalue weighted by Gasteiger charge is 2.32. The molecule has 5 aromatic carbocycles.